The summed E-state index contributed by atoms with van der Waals surface area (Å²) < 4.78 is 0. The molecule has 0 unspecified atom stereocenters. The van der Waals surface area contributed by atoms with Crippen molar-refractivity contribution in [3.8, 4) is 0 Å². The summed E-state index contributed by atoms with van der Waals surface area (Å²) in [5, 5.41) is 4.67. The number of hydrogen-bond acceptors (Lipinski definition) is 1. The molecule has 1 N–H and O–H groups in total. The van der Waals surface area contributed by atoms with Crippen LogP contribution in [0, 0.1) is 0 Å². The summed E-state index contributed by atoms with van der Waals surface area (Å²) in [5.74, 6) is 0.560. The molecular formula is C12H14Cl3N. The molecule has 0 aliphatic rings. The number of alkyl halides is 1. The van der Waals surface area contributed by atoms with Crippen molar-refractivity contribution in [2.45, 2.75) is 6.42 Å². The van der Waals surface area contributed by atoms with Crippen LogP contribution in [0.5, 0.6) is 0 Å². The minimum absolute atomic E-state index is 0.560. The SMILES string of the molecule is ClC/C=C/CNCCc1ccc(Cl)cc1Cl. The molecule has 0 saturated carbocycles. The second-order valence-corrected chi connectivity index (χ2v) is 4.47. The van der Waals surface area contributed by atoms with Crippen molar-refractivity contribution in [1.29, 1.82) is 0 Å². The van der Waals surface area contributed by atoms with E-state index in [-0.39, 0.29) is 0 Å². The lowest BCUT2D eigenvalue weighted by molar-refractivity contribution is 0.744. The van der Waals surface area contributed by atoms with Crippen molar-refractivity contribution in [3.05, 3.63) is 46.0 Å². The molecule has 0 amide bonds. The Kier molecular flexibility index (Phi) is 6.90. The Morgan fingerprint density at radius 3 is 2.69 bits per heavy atom. The van der Waals surface area contributed by atoms with E-state index in [1.165, 1.54) is 0 Å². The molecule has 0 radical (unpaired) electrons. The van der Waals surface area contributed by atoms with Gasteiger partial charge in [0.1, 0.15) is 0 Å². The number of benzene rings is 1. The van der Waals surface area contributed by atoms with Gasteiger partial charge in [-0.1, -0.05) is 41.4 Å². The van der Waals surface area contributed by atoms with Crippen molar-refractivity contribution >= 4 is 34.8 Å². The van der Waals surface area contributed by atoms with E-state index in [2.05, 4.69) is 5.32 Å². The summed E-state index contributed by atoms with van der Waals surface area (Å²) >= 11 is 17.4. The van der Waals surface area contributed by atoms with Crippen LogP contribution in [0.25, 0.3) is 0 Å². The minimum atomic E-state index is 0.560. The van der Waals surface area contributed by atoms with E-state index in [9.17, 15) is 0 Å². The average Bonchev–Trinajstić information content (AvgIpc) is 2.26. The number of rotatable bonds is 6. The Hall–Kier alpha value is -0.210. The van der Waals surface area contributed by atoms with E-state index in [1.807, 2.05) is 24.3 Å². The van der Waals surface area contributed by atoms with E-state index in [4.69, 9.17) is 34.8 Å². The summed E-state index contributed by atoms with van der Waals surface area (Å²) in [7, 11) is 0. The summed E-state index contributed by atoms with van der Waals surface area (Å²) in [5.41, 5.74) is 1.11. The van der Waals surface area contributed by atoms with Crippen LogP contribution in [0.1, 0.15) is 5.56 Å². The zero-order valence-electron chi connectivity index (χ0n) is 8.85. The first-order chi connectivity index (χ1) is 7.74. The monoisotopic (exact) mass is 277 g/mol. The molecule has 0 aromatic heterocycles. The van der Waals surface area contributed by atoms with Crippen LogP contribution in [0.2, 0.25) is 10.0 Å². The highest BCUT2D eigenvalue weighted by atomic mass is 35.5. The van der Waals surface area contributed by atoms with Crippen LogP contribution < -0.4 is 5.32 Å². The lowest BCUT2D eigenvalue weighted by Crippen LogP contribution is -2.17. The van der Waals surface area contributed by atoms with Crippen LogP contribution in [-0.2, 0) is 6.42 Å². The smallest absolute Gasteiger partial charge is 0.0453 e. The predicted molar refractivity (Wildman–Crippen MR) is 72.9 cm³/mol. The molecule has 1 nitrogen and oxygen atoms in total. The normalized spacial score (nSPS) is 11.2. The zero-order valence-corrected chi connectivity index (χ0v) is 11.1. The quantitative estimate of drug-likeness (QED) is 0.472. The van der Waals surface area contributed by atoms with Gasteiger partial charge in [0.2, 0.25) is 0 Å². The number of allylic oxidation sites excluding steroid dienone is 1. The Labute approximate surface area is 111 Å². The van der Waals surface area contributed by atoms with Crippen molar-refractivity contribution in [2.75, 3.05) is 19.0 Å². The molecule has 0 aliphatic carbocycles. The second kappa shape index (κ2) is 7.97. The van der Waals surface area contributed by atoms with E-state index < -0.39 is 0 Å². The first-order valence-electron chi connectivity index (χ1n) is 5.09. The molecule has 0 bridgehead atoms. The Bertz CT molecular complexity index is 350. The molecule has 0 spiro atoms. The molecular weight excluding hydrogens is 264 g/mol. The van der Waals surface area contributed by atoms with Gasteiger partial charge in [0, 0.05) is 22.5 Å². The maximum absolute atomic E-state index is 6.05. The van der Waals surface area contributed by atoms with Crippen LogP contribution in [0.15, 0.2) is 30.4 Å². The Balaban J connectivity index is 2.29. The molecule has 88 valence electrons. The molecule has 0 aliphatic heterocycles. The van der Waals surface area contributed by atoms with Gasteiger partial charge in [0.05, 0.1) is 0 Å². The van der Waals surface area contributed by atoms with Gasteiger partial charge in [0.15, 0.2) is 0 Å². The standard InChI is InChI=1S/C12H14Cl3N/c13-6-1-2-7-16-8-5-10-3-4-11(14)9-12(10)15/h1-4,9,16H,5-8H2/b2-1+. The maximum atomic E-state index is 6.05. The Morgan fingerprint density at radius 1 is 1.19 bits per heavy atom. The molecule has 0 atom stereocenters. The van der Waals surface area contributed by atoms with Gasteiger partial charge in [0.25, 0.3) is 0 Å². The van der Waals surface area contributed by atoms with Gasteiger partial charge in [-0.25, -0.2) is 0 Å². The zero-order chi connectivity index (χ0) is 11.8. The maximum Gasteiger partial charge on any atom is 0.0453 e. The fraction of sp³-hybridized carbons (Fsp3) is 0.333. The summed E-state index contributed by atoms with van der Waals surface area (Å²) in [6.45, 7) is 1.71. The lowest BCUT2D eigenvalue weighted by atomic mass is 10.1. The summed E-state index contributed by atoms with van der Waals surface area (Å²) in [6.07, 6.45) is 4.82. The van der Waals surface area contributed by atoms with E-state index >= 15 is 0 Å². The molecule has 16 heavy (non-hydrogen) atoms. The van der Waals surface area contributed by atoms with Crippen LogP contribution >= 0.6 is 34.8 Å². The highest BCUT2D eigenvalue weighted by Crippen LogP contribution is 2.20. The van der Waals surface area contributed by atoms with Gasteiger partial charge in [-0.2, -0.15) is 0 Å². The minimum Gasteiger partial charge on any atom is -0.313 e. The highest BCUT2D eigenvalue weighted by molar-refractivity contribution is 6.35. The molecule has 0 heterocycles. The number of hydrogen-bond donors (Lipinski definition) is 1. The van der Waals surface area contributed by atoms with E-state index in [0.717, 1.165) is 30.1 Å². The largest absolute Gasteiger partial charge is 0.313 e. The third kappa shape index (κ3) is 5.22. The Morgan fingerprint density at radius 2 is 2.00 bits per heavy atom. The van der Waals surface area contributed by atoms with Crippen molar-refractivity contribution in [2.24, 2.45) is 0 Å². The average molecular weight is 279 g/mol. The van der Waals surface area contributed by atoms with Gasteiger partial charge < -0.3 is 5.32 Å². The first kappa shape index (κ1) is 13.9. The predicted octanol–water partition coefficient (Wildman–Crippen LogP) is 3.92. The number of nitrogens with one attached hydrogen (secondary N) is 1. The molecule has 4 heteroatoms. The highest BCUT2D eigenvalue weighted by Gasteiger charge is 2.00. The van der Waals surface area contributed by atoms with Gasteiger partial charge in [-0.15, -0.1) is 11.6 Å². The van der Waals surface area contributed by atoms with Gasteiger partial charge in [-0.3, -0.25) is 0 Å². The fourth-order valence-corrected chi connectivity index (χ4v) is 1.91. The third-order valence-electron chi connectivity index (χ3n) is 2.10. The van der Waals surface area contributed by atoms with Crippen molar-refractivity contribution in [1.82, 2.24) is 5.32 Å². The van der Waals surface area contributed by atoms with Crippen LogP contribution in [0.4, 0.5) is 0 Å². The van der Waals surface area contributed by atoms with Crippen LogP contribution in [-0.4, -0.2) is 19.0 Å². The van der Waals surface area contributed by atoms with Crippen molar-refractivity contribution in [3.63, 3.8) is 0 Å². The van der Waals surface area contributed by atoms with Crippen LogP contribution in [0.3, 0.4) is 0 Å². The first-order valence-corrected chi connectivity index (χ1v) is 6.38. The summed E-state index contributed by atoms with van der Waals surface area (Å²) in [6, 6.07) is 5.59. The topological polar surface area (TPSA) is 12.0 Å². The van der Waals surface area contributed by atoms with Gasteiger partial charge in [-0.05, 0) is 30.7 Å². The van der Waals surface area contributed by atoms with E-state index in [1.54, 1.807) is 6.07 Å². The van der Waals surface area contributed by atoms with E-state index in [0.29, 0.717) is 10.9 Å². The van der Waals surface area contributed by atoms with Crippen molar-refractivity contribution < 1.29 is 0 Å². The molecule has 1 rings (SSSR count). The van der Waals surface area contributed by atoms with Gasteiger partial charge >= 0.3 is 0 Å². The molecule has 0 saturated heterocycles. The molecule has 1 aromatic carbocycles. The fourth-order valence-electron chi connectivity index (χ4n) is 1.28. The number of halogens is 3. The molecule has 1 aromatic rings. The second-order valence-electron chi connectivity index (χ2n) is 3.32. The lowest BCUT2D eigenvalue weighted by Gasteiger charge is -2.05. The molecule has 0 fully saturated rings. The summed E-state index contributed by atoms with van der Waals surface area (Å²) in [4.78, 5) is 0. The third-order valence-corrected chi connectivity index (χ3v) is 2.87.